The van der Waals surface area contributed by atoms with Gasteiger partial charge in [0.2, 0.25) is 0 Å². The van der Waals surface area contributed by atoms with Crippen molar-refractivity contribution in [2.75, 3.05) is 19.8 Å². The third kappa shape index (κ3) is 2.90. The summed E-state index contributed by atoms with van der Waals surface area (Å²) in [6, 6.07) is 1.94. The van der Waals surface area contributed by atoms with Gasteiger partial charge in [-0.1, -0.05) is 6.92 Å². The highest BCUT2D eigenvalue weighted by atomic mass is 35.5. The van der Waals surface area contributed by atoms with E-state index in [4.69, 9.17) is 15.2 Å². The van der Waals surface area contributed by atoms with Crippen LogP contribution in [0.25, 0.3) is 0 Å². The number of pyridine rings is 1. The Labute approximate surface area is 107 Å². The fourth-order valence-corrected chi connectivity index (χ4v) is 1.49. The number of nitrogens with zero attached hydrogens (tertiary/aromatic N) is 1. The molecule has 0 saturated heterocycles. The summed E-state index contributed by atoms with van der Waals surface area (Å²) >= 11 is 0. The first-order valence-corrected chi connectivity index (χ1v) is 4.77. The summed E-state index contributed by atoms with van der Waals surface area (Å²) in [5, 5.41) is 0. The zero-order valence-corrected chi connectivity index (χ0v) is 10.6. The van der Waals surface area contributed by atoms with E-state index in [1.54, 1.807) is 6.20 Å². The van der Waals surface area contributed by atoms with Crippen molar-refractivity contribution in [1.82, 2.24) is 4.98 Å². The van der Waals surface area contributed by atoms with Crippen molar-refractivity contribution in [2.45, 2.75) is 12.8 Å². The van der Waals surface area contributed by atoms with Gasteiger partial charge in [0.05, 0.1) is 0 Å². The van der Waals surface area contributed by atoms with Gasteiger partial charge in [0, 0.05) is 11.8 Å². The number of fused-ring (bicyclic) bond motifs is 1. The van der Waals surface area contributed by atoms with E-state index in [0.717, 1.165) is 11.3 Å². The molecule has 0 unspecified atom stereocenters. The smallest absolute Gasteiger partial charge is 0.257 e. The summed E-state index contributed by atoms with van der Waals surface area (Å²) in [5.41, 5.74) is 6.70. The second-order valence-corrected chi connectivity index (χ2v) is 3.37. The van der Waals surface area contributed by atoms with E-state index in [9.17, 15) is 0 Å². The Bertz CT molecular complexity index is 337. The molecule has 0 radical (unpaired) electrons. The van der Waals surface area contributed by atoms with Gasteiger partial charge in [-0.2, -0.15) is 0 Å². The first kappa shape index (κ1) is 15.3. The molecule has 1 aliphatic rings. The van der Waals surface area contributed by atoms with Gasteiger partial charge >= 0.3 is 0 Å². The topological polar surface area (TPSA) is 57.4 Å². The molecule has 1 aliphatic heterocycles. The van der Waals surface area contributed by atoms with E-state index in [1.165, 1.54) is 0 Å². The van der Waals surface area contributed by atoms with Crippen LogP contribution >= 0.6 is 24.8 Å². The predicted molar refractivity (Wildman–Crippen MR) is 67.2 cm³/mol. The SMILES string of the molecule is C[C@H](CN)c1ccnc2c1OCCO2.Cl.Cl. The van der Waals surface area contributed by atoms with Gasteiger partial charge in [-0.25, -0.2) is 4.98 Å². The number of nitrogens with two attached hydrogens (primary N) is 1. The molecule has 1 aromatic heterocycles. The van der Waals surface area contributed by atoms with Crippen LogP contribution in [0.3, 0.4) is 0 Å². The molecular weight excluding hydrogens is 251 g/mol. The molecule has 0 aliphatic carbocycles. The number of hydrogen-bond donors (Lipinski definition) is 1. The average Bonchev–Trinajstić information content (AvgIpc) is 2.27. The highest BCUT2D eigenvalue weighted by Crippen LogP contribution is 2.35. The predicted octanol–water partition coefficient (Wildman–Crippen LogP) is 1.76. The van der Waals surface area contributed by atoms with Crippen LogP contribution in [0.4, 0.5) is 0 Å². The molecule has 0 fully saturated rings. The zero-order valence-electron chi connectivity index (χ0n) is 9.01. The standard InChI is InChI=1S/C10H14N2O2.2ClH/c1-7(6-11)8-2-3-12-10-9(8)13-4-5-14-10;;/h2-3,7H,4-6,11H2,1H3;2*1H/t7-;;/m1../s1. The molecule has 6 heteroatoms. The van der Waals surface area contributed by atoms with Gasteiger partial charge in [0.15, 0.2) is 5.75 Å². The molecule has 0 aromatic carbocycles. The van der Waals surface area contributed by atoms with Crippen molar-refractivity contribution in [1.29, 1.82) is 0 Å². The van der Waals surface area contributed by atoms with Crippen molar-refractivity contribution < 1.29 is 9.47 Å². The third-order valence-electron chi connectivity index (χ3n) is 2.36. The van der Waals surface area contributed by atoms with Crippen molar-refractivity contribution >= 4 is 24.8 Å². The summed E-state index contributed by atoms with van der Waals surface area (Å²) in [4.78, 5) is 4.11. The molecule has 0 saturated carbocycles. The van der Waals surface area contributed by atoms with Crippen LogP contribution < -0.4 is 15.2 Å². The number of ether oxygens (including phenoxy) is 2. The van der Waals surface area contributed by atoms with Crippen molar-refractivity contribution in [2.24, 2.45) is 5.73 Å². The van der Waals surface area contributed by atoms with Gasteiger partial charge in [0.1, 0.15) is 13.2 Å². The molecule has 92 valence electrons. The Morgan fingerprint density at radius 3 is 2.75 bits per heavy atom. The number of rotatable bonds is 2. The van der Waals surface area contributed by atoms with Crippen LogP contribution in [-0.4, -0.2) is 24.7 Å². The fourth-order valence-electron chi connectivity index (χ4n) is 1.49. The van der Waals surface area contributed by atoms with Gasteiger partial charge in [-0.3, -0.25) is 0 Å². The summed E-state index contributed by atoms with van der Waals surface area (Å²) in [6.45, 7) is 3.82. The second-order valence-electron chi connectivity index (χ2n) is 3.37. The average molecular weight is 267 g/mol. The first-order valence-electron chi connectivity index (χ1n) is 4.77. The van der Waals surface area contributed by atoms with Crippen LogP contribution in [0, 0.1) is 0 Å². The Balaban J connectivity index is 0.00000112. The van der Waals surface area contributed by atoms with Gasteiger partial charge in [0.25, 0.3) is 5.88 Å². The highest BCUT2D eigenvalue weighted by molar-refractivity contribution is 5.85. The summed E-state index contributed by atoms with van der Waals surface area (Å²) < 4.78 is 10.9. The van der Waals surface area contributed by atoms with Crippen LogP contribution in [0.15, 0.2) is 12.3 Å². The van der Waals surface area contributed by atoms with Crippen molar-refractivity contribution in [3.05, 3.63) is 17.8 Å². The Kier molecular flexibility index (Phi) is 6.48. The maximum atomic E-state index is 5.62. The minimum Gasteiger partial charge on any atom is -0.484 e. The maximum absolute atomic E-state index is 5.62. The lowest BCUT2D eigenvalue weighted by Gasteiger charge is -2.21. The highest BCUT2D eigenvalue weighted by Gasteiger charge is 2.19. The van der Waals surface area contributed by atoms with E-state index in [0.29, 0.717) is 25.6 Å². The molecule has 0 spiro atoms. The third-order valence-corrected chi connectivity index (χ3v) is 2.36. The zero-order chi connectivity index (χ0) is 9.97. The quantitative estimate of drug-likeness (QED) is 0.887. The second kappa shape index (κ2) is 6.78. The van der Waals surface area contributed by atoms with Gasteiger partial charge in [-0.15, -0.1) is 24.8 Å². The largest absolute Gasteiger partial charge is 0.484 e. The normalized spacial score (nSPS) is 14.4. The maximum Gasteiger partial charge on any atom is 0.257 e. The van der Waals surface area contributed by atoms with Crippen LogP contribution in [0.1, 0.15) is 18.4 Å². The molecule has 1 atom stereocenters. The molecule has 0 bridgehead atoms. The van der Waals surface area contributed by atoms with Gasteiger partial charge in [-0.05, 0) is 18.5 Å². The molecule has 0 amide bonds. The Morgan fingerprint density at radius 1 is 1.38 bits per heavy atom. The van der Waals surface area contributed by atoms with E-state index >= 15 is 0 Å². The monoisotopic (exact) mass is 266 g/mol. The lowest BCUT2D eigenvalue weighted by molar-refractivity contribution is 0.162. The van der Waals surface area contributed by atoms with Crippen LogP contribution in [0.5, 0.6) is 11.6 Å². The lowest BCUT2D eigenvalue weighted by atomic mass is 10.0. The number of halogens is 2. The van der Waals surface area contributed by atoms with Crippen LogP contribution in [-0.2, 0) is 0 Å². The fraction of sp³-hybridized carbons (Fsp3) is 0.500. The summed E-state index contributed by atoms with van der Waals surface area (Å²) in [7, 11) is 0. The number of hydrogen-bond acceptors (Lipinski definition) is 4. The minimum atomic E-state index is 0. The molecular formula is C10H16Cl2N2O2. The first-order chi connectivity index (χ1) is 6.83. The van der Waals surface area contributed by atoms with Crippen LogP contribution in [0.2, 0.25) is 0 Å². The van der Waals surface area contributed by atoms with E-state index < -0.39 is 0 Å². The molecule has 2 N–H and O–H groups in total. The minimum absolute atomic E-state index is 0. The number of aromatic nitrogens is 1. The summed E-state index contributed by atoms with van der Waals surface area (Å²) in [5.74, 6) is 1.62. The molecule has 4 nitrogen and oxygen atoms in total. The Morgan fingerprint density at radius 2 is 2.06 bits per heavy atom. The Hall–Kier alpha value is -0.710. The van der Waals surface area contributed by atoms with Crippen molar-refractivity contribution in [3.8, 4) is 11.6 Å². The molecule has 1 aromatic rings. The summed E-state index contributed by atoms with van der Waals surface area (Å²) in [6.07, 6.45) is 1.73. The van der Waals surface area contributed by atoms with E-state index in [-0.39, 0.29) is 30.7 Å². The van der Waals surface area contributed by atoms with E-state index in [2.05, 4.69) is 11.9 Å². The van der Waals surface area contributed by atoms with E-state index in [1.807, 2.05) is 6.07 Å². The molecule has 2 heterocycles. The molecule has 2 rings (SSSR count). The molecule has 16 heavy (non-hydrogen) atoms. The van der Waals surface area contributed by atoms with Gasteiger partial charge < -0.3 is 15.2 Å². The van der Waals surface area contributed by atoms with Crippen molar-refractivity contribution in [3.63, 3.8) is 0 Å². The lowest BCUT2D eigenvalue weighted by Crippen LogP contribution is -2.19.